The molecule has 7 heteroatoms. The molecule has 0 aliphatic rings. The molecule has 0 saturated carbocycles. The van der Waals surface area contributed by atoms with Crippen LogP contribution in [-0.2, 0) is 11.3 Å². The number of benzene rings is 2. The molecule has 0 unspecified atom stereocenters. The number of carbonyl (C=O) groups is 1. The molecule has 2 aromatic carbocycles. The topological polar surface area (TPSA) is 77.7 Å². The van der Waals surface area contributed by atoms with Gasteiger partial charge in [-0.3, -0.25) is 4.79 Å². The maximum Gasteiger partial charge on any atom is 0.263 e. The highest BCUT2D eigenvalue weighted by atomic mass is 16.5. The number of nitrogens with zero attached hydrogens (tertiary/aromatic N) is 3. The number of methoxy groups -OCH3 is 1. The molecular formula is C23H27N3O4. The zero-order valence-electron chi connectivity index (χ0n) is 18.0. The van der Waals surface area contributed by atoms with Gasteiger partial charge in [0.1, 0.15) is 11.5 Å². The van der Waals surface area contributed by atoms with Gasteiger partial charge in [0.25, 0.3) is 5.91 Å². The highest BCUT2D eigenvalue weighted by Crippen LogP contribution is 2.22. The molecule has 0 bridgehead atoms. The molecule has 0 spiro atoms. The van der Waals surface area contributed by atoms with E-state index in [1.807, 2.05) is 57.2 Å². The van der Waals surface area contributed by atoms with Crippen LogP contribution < -0.4 is 9.47 Å². The molecule has 0 aliphatic heterocycles. The molecule has 0 saturated heterocycles. The lowest BCUT2D eigenvalue weighted by Gasteiger charge is -2.23. The van der Waals surface area contributed by atoms with E-state index >= 15 is 0 Å². The van der Waals surface area contributed by atoms with Crippen molar-refractivity contribution in [1.82, 2.24) is 15.0 Å². The number of hydrogen-bond acceptors (Lipinski definition) is 6. The average molecular weight is 409 g/mol. The lowest BCUT2D eigenvalue weighted by atomic mass is 10.1. The molecule has 30 heavy (non-hydrogen) atoms. The van der Waals surface area contributed by atoms with Crippen molar-refractivity contribution in [3.05, 3.63) is 59.5 Å². The van der Waals surface area contributed by atoms with E-state index in [2.05, 4.69) is 16.2 Å². The average Bonchev–Trinajstić information content (AvgIpc) is 3.19. The zero-order valence-corrected chi connectivity index (χ0v) is 18.0. The Hall–Kier alpha value is -3.35. The first-order valence-corrected chi connectivity index (χ1v) is 9.86. The summed E-state index contributed by atoms with van der Waals surface area (Å²) < 4.78 is 16.5. The molecule has 3 rings (SSSR count). The van der Waals surface area contributed by atoms with Crippen molar-refractivity contribution in [3.8, 4) is 22.9 Å². The highest BCUT2D eigenvalue weighted by molar-refractivity contribution is 5.81. The Morgan fingerprint density at radius 1 is 1.13 bits per heavy atom. The summed E-state index contributed by atoms with van der Waals surface area (Å²) in [7, 11) is 3.30. The Kier molecular flexibility index (Phi) is 6.72. The Balaban J connectivity index is 1.67. The van der Waals surface area contributed by atoms with Crippen LogP contribution in [0.5, 0.6) is 11.5 Å². The monoisotopic (exact) mass is 409 g/mol. The fourth-order valence-electron chi connectivity index (χ4n) is 3.20. The lowest BCUT2D eigenvalue weighted by molar-refractivity contribution is -0.138. The summed E-state index contributed by atoms with van der Waals surface area (Å²) in [5.41, 5.74) is 2.97. The van der Waals surface area contributed by atoms with Crippen LogP contribution in [0, 0.1) is 13.8 Å². The van der Waals surface area contributed by atoms with Crippen molar-refractivity contribution in [2.75, 3.05) is 14.2 Å². The number of hydrogen-bond donors (Lipinski definition) is 0. The second-order valence-corrected chi connectivity index (χ2v) is 7.28. The van der Waals surface area contributed by atoms with Crippen molar-refractivity contribution in [3.63, 3.8) is 0 Å². The van der Waals surface area contributed by atoms with Crippen LogP contribution in [0.25, 0.3) is 11.4 Å². The summed E-state index contributed by atoms with van der Waals surface area (Å²) >= 11 is 0. The van der Waals surface area contributed by atoms with E-state index in [4.69, 9.17) is 14.0 Å². The predicted molar refractivity (Wildman–Crippen MR) is 113 cm³/mol. The van der Waals surface area contributed by atoms with Gasteiger partial charge in [-0.05, 0) is 55.7 Å². The van der Waals surface area contributed by atoms with E-state index in [0.717, 1.165) is 16.7 Å². The van der Waals surface area contributed by atoms with Crippen LogP contribution in [0.3, 0.4) is 0 Å². The van der Waals surface area contributed by atoms with Gasteiger partial charge < -0.3 is 18.9 Å². The van der Waals surface area contributed by atoms with Crippen LogP contribution in [-0.4, -0.2) is 41.2 Å². The van der Waals surface area contributed by atoms with Gasteiger partial charge in [0.2, 0.25) is 11.7 Å². The van der Waals surface area contributed by atoms with E-state index in [-0.39, 0.29) is 12.5 Å². The van der Waals surface area contributed by atoms with Gasteiger partial charge in [0.15, 0.2) is 6.10 Å². The fourth-order valence-corrected chi connectivity index (χ4v) is 3.20. The van der Waals surface area contributed by atoms with Gasteiger partial charge in [0, 0.05) is 12.6 Å². The SMILES string of the molecule is CC[C@@H](Oc1cc(C)cc(C)c1)C(=O)N(C)Cc1nc(-c2cccc(OC)c2)no1. The molecular weight excluding hydrogens is 382 g/mol. The molecule has 0 aliphatic carbocycles. The quantitative estimate of drug-likeness (QED) is 0.555. The minimum atomic E-state index is -0.586. The standard InChI is InChI=1S/C23H27N3O4/c1-6-20(29-19-11-15(2)10-16(3)12-19)23(27)26(4)14-21-24-22(25-30-21)17-8-7-9-18(13-17)28-5/h7-13,20H,6,14H2,1-5H3/t20-/m1/s1. The Bertz CT molecular complexity index is 995. The Morgan fingerprint density at radius 3 is 2.53 bits per heavy atom. The maximum absolute atomic E-state index is 12.9. The minimum absolute atomic E-state index is 0.141. The van der Waals surface area contributed by atoms with Gasteiger partial charge in [0.05, 0.1) is 13.7 Å². The van der Waals surface area contributed by atoms with E-state index in [1.54, 1.807) is 19.1 Å². The van der Waals surface area contributed by atoms with E-state index < -0.39 is 6.10 Å². The van der Waals surface area contributed by atoms with Gasteiger partial charge in [-0.2, -0.15) is 4.98 Å². The number of rotatable bonds is 8. The van der Waals surface area contributed by atoms with Crippen molar-refractivity contribution in [1.29, 1.82) is 0 Å². The third kappa shape index (κ3) is 5.17. The number of likely N-dealkylation sites (N-methyl/N-ethyl adjacent to an activating group) is 1. The third-order valence-corrected chi connectivity index (χ3v) is 4.66. The number of aryl methyl sites for hydroxylation is 2. The van der Waals surface area contributed by atoms with Gasteiger partial charge in [-0.1, -0.05) is 30.3 Å². The van der Waals surface area contributed by atoms with Gasteiger partial charge >= 0.3 is 0 Å². The summed E-state index contributed by atoms with van der Waals surface area (Å²) in [6.07, 6.45) is -0.0355. The molecule has 1 heterocycles. The lowest BCUT2D eigenvalue weighted by Crippen LogP contribution is -2.39. The van der Waals surface area contributed by atoms with Crippen molar-refractivity contribution in [2.45, 2.75) is 39.8 Å². The van der Waals surface area contributed by atoms with Crippen LogP contribution in [0.4, 0.5) is 0 Å². The van der Waals surface area contributed by atoms with Crippen molar-refractivity contribution < 1.29 is 18.8 Å². The van der Waals surface area contributed by atoms with Crippen LogP contribution in [0.1, 0.15) is 30.4 Å². The first-order valence-electron chi connectivity index (χ1n) is 9.86. The second kappa shape index (κ2) is 9.43. The fraction of sp³-hybridized carbons (Fsp3) is 0.348. The summed E-state index contributed by atoms with van der Waals surface area (Å²) in [6.45, 7) is 6.13. The summed E-state index contributed by atoms with van der Waals surface area (Å²) in [5, 5.41) is 4.02. The number of aromatic nitrogens is 2. The van der Waals surface area contributed by atoms with Gasteiger partial charge in [-0.25, -0.2) is 0 Å². The molecule has 1 aromatic heterocycles. The summed E-state index contributed by atoms with van der Waals surface area (Å²) in [4.78, 5) is 18.9. The normalized spacial score (nSPS) is 11.8. The van der Waals surface area contributed by atoms with E-state index in [0.29, 0.717) is 29.6 Å². The van der Waals surface area contributed by atoms with E-state index in [1.165, 1.54) is 0 Å². The summed E-state index contributed by atoms with van der Waals surface area (Å²) in [6, 6.07) is 13.3. The van der Waals surface area contributed by atoms with Crippen LogP contribution in [0.2, 0.25) is 0 Å². The molecule has 0 fully saturated rings. The van der Waals surface area contributed by atoms with Crippen LogP contribution in [0.15, 0.2) is 47.0 Å². The minimum Gasteiger partial charge on any atom is -0.497 e. The molecule has 1 amide bonds. The van der Waals surface area contributed by atoms with Crippen LogP contribution >= 0.6 is 0 Å². The highest BCUT2D eigenvalue weighted by Gasteiger charge is 2.24. The molecule has 0 radical (unpaired) electrons. The second-order valence-electron chi connectivity index (χ2n) is 7.28. The zero-order chi connectivity index (χ0) is 21.7. The Morgan fingerprint density at radius 2 is 1.87 bits per heavy atom. The maximum atomic E-state index is 12.9. The number of amides is 1. The van der Waals surface area contributed by atoms with Gasteiger partial charge in [-0.15, -0.1) is 0 Å². The van der Waals surface area contributed by atoms with E-state index in [9.17, 15) is 4.79 Å². The summed E-state index contributed by atoms with van der Waals surface area (Å²) in [5.74, 6) is 2.06. The molecule has 3 aromatic rings. The largest absolute Gasteiger partial charge is 0.497 e. The smallest absolute Gasteiger partial charge is 0.263 e. The van der Waals surface area contributed by atoms with Crippen molar-refractivity contribution >= 4 is 5.91 Å². The number of ether oxygens (including phenoxy) is 2. The molecule has 7 nitrogen and oxygen atoms in total. The molecule has 158 valence electrons. The predicted octanol–water partition coefficient (Wildman–Crippen LogP) is 4.18. The first kappa shape index (κ1) is 21.4. The van der Waals surface area contributed by atoms with Crippen molar-refractivity contribution in [2.24, 2.45) is 0 Å². The number of carbonyl (C=O) groups excluding carboxylic acids is 1. The molecule has 1 atom stereocenters. The first-order chi connectivity index (χ1) is 14.4. The Labute approximate surface area is 176 Å². The molecule has 0 N–H and O–H groups in total. The third-order valence-electron chi connectivity index (χ3n) is 4.66.